The van der Waals surface area contributed by atoms with Gasteiger partial charge in [0.25, 0.3) is 0 Å². The van der Waals surface area contributed by atoms with Gasteiger partial charge in [-0.15, -0.1) is 12.4 Å². The lowest BCUT2D eigenvalue weighted by Crippen LogP contribution is -2.51. The summed E-state index contributed by atoms with van der Waals surface area (Å²) in [6, 6.07) is 0.873. The van der Waals surface area contributed by atoms with Crippen LogP contribution in [0.4, 0.5) is 0 Å². The van der Waals surface area contributed by atoms with E-state index in [4.69, 9.17) is 0 Å². The van der Waals surface area contributed by atoms with Gasteiger partial charge in [-0.25, -0.2) is 0 Å². The van der Waals surface area contributed by atoms with Crippen molar-refractivity contribution in [2.75, 3.05) is 46.3 Å². The highest BCUT2D eigenvalue weighted by molar-refractivity contribution is 5.85. The number of halogens is 1. The summed E-state index contributed by atoms with van der Waals surface area (Å²) < 4.78 is 0. The van der Waals surface area contributed by atoms with Crippen molar-refractivity contribution in [2.45, 2.75) is 18.9 Å². The first kappa shape index (κ1) is 15.1. The van der Waals surface area contributed by atoms with E-state index in [0.29, 0.717) is 0 Å². The van der Waals surface area contributed by atoms with Crippen LogP contribution in [0, 0.1) is 0 Å². The lowest BCUT2D eigenvalue weighted by Gasteiger charge is -2.39. The monoisotopic (exact) mass is 237 g/mol. The van der Waals surface area contributed by atoms with Gasteiger partial charge in [-0.1, -0.05) is 0 Å². The molecule has 2 rings (SSSR count). The average molecular weight is 238 g/mol. The molecular weight excluding hydrogens is 214 g/mol. The largest absolute Gasteiger partial charge is 0.412 e. The molecule has 0 aliphatic carbocycles. The SMILES string of the molecule is CN1CCC(N2CCNCC2)CC1.Cl.O. The Bertz CT molecular complexity index is 157. The Morgan fingerprint density at radius 2 is 1.53 bits per heavy atom. The molecule has 2 saturated heterocycles. The number of piperidine rings is 1. The van der Waals surface area contributed by atoms with E-state index in [0.717, 1.165) is 6.04 Å². The van der Waals surface area contributed by atoms with Gasteiger partial charge in [-0.05, 0) is 33.0 Å². The molecule has 0 aromatic heterocycles. The summed E-state index contributed by atoms with van der Waals surface area (Å²) in [5.74, 6) is 0. The third-order valence-electron chi connectivity index (χ3n) is 3.36. The van der Waals surface area contributed by atoms with Gasteiger partial charge in [0.15, 0.2) is 0 Å². The second-order valence-electron chi connectivity index (χ2n) is 4.32. The second kappa shape index (κ2) is 7.41. The third-order valence-corrected chi connectivity index (χ3v) is 3.36. The maximum absolute atomic E-state index is 3.41. The molecule has 2 heterocycles. The summed E-state index contributed by atoms with van der Waals surface area (Å²) in [6.45, 7) is 7.46. The van der Waals surface area contributed by atoms with Crippen molar-refractivity contribution < 1.29 is 5.48 Å². The van der Waals surface area contributed by atoms with Gasteiger partial charge in [0.1, 0.15) is 0 Å². The first-order valence-corrected chi connectivity index (χ1v) is 5.49. The quantitative estimate of drug-likeness (QED) is 0.674. The van der Waals surface area contributed by atoms with E-state index in [9.17, 15) is 0 Å². The number of nitrogens with zero attached hydrogens (tertiary/aromatic N) is 2. The molecule has 0 aromatic rings. The molecule has 2 aliphatic rings. The first-order chi connectivity index (χ1) is 6.36. The maximum atomic E-state index is 3.41. The van der Waals surface area contributed by atoms with Crippen LogP contribution in [0.2, 0.25) is 0 Å². The lowest BCUT2D eigenvalue weighted by molar-refractivity contribution is 0.109. The van der Waals surface area contributed by atoms with Gasteiger partial charge < -0.3 is 15.7 Å². The van der Waals surface area contributed by atoms with Gasteiger partial charge in [-0.3, -0.25) is 4.90 Å². The molecule has 0 radical (unpaired) electrons. The van der Waals surface area contributed by atoms with Crippen LogP contribution in [0.5, 0.6) is 0 Å². The van der Waals surface area contributed by atoms with Crippen molar-refractivity contribution in [1.82, 2.24) is 15.1 Å². The fourth-order valence-corrected chi connectivity index (χ4v) is 2.41. The Kier molecular flexibility index (Phi) is 7.48. The number of rotatable bonds is 1. The van der Waals surface area contributed by atoms with Crippen LogP contribution in [0.3, 0.4) is 0 Å². The molecule has 0 saturated carbocycles. The van der Waals surface area contributed by atoms with Gasteiger partial charge in [0.05, 0.1) is 0 Å². The molecule has 0 amide bonds. The van der Waals surface area contributed by atoms with Gasteiger partial charge >= 0.3 is 0 Å². The minimum Gasteiger partial charge on any atom is -0.412 e. The second-order valence-corrected chi connectivity index (χ2v) is 4.32. The Morgan fingerprint density at radius 1 is 1.00 bits per heavy atom. The van der Waals surface area contributed by atoms with Crippen molar-refractivity contribution in [3.05, 3.63) is 0 Å². The minimum atomic E-state index is 0. The van der Waals surface area contributed by atoms with Crippen LogP contribution in [0.25, 0.3) is 0 Å². The number of hydrogen-bond donors (Lipinski definition) is 1. The first-order valence-electron chi connectivity index (χ1n) is 5.49. The number of piperazine rings is 1. The standard InChI is InChI=1S/C10H21N3.ClH.H2O/c1-12-6-2-10(3-7-12)13-8-4-11-5-9-13;;/h10-11H,2-9H2,1H3;1H;1H2. The van der Waals surface area contributed by atoms with Crippen LogP contribution in [0.1, 0.15) is 12.8 Å². The maximum Gasteiger partial charge on any atom is 0.0121 e. The fraction of sp³-hybridized carbons (Fsp3) is 1.00. The number of likely N-dealkylation sites (tertiary alicyclic amines) is 1. The molecule has 15 heavy (non-hydrogen) atoms. The lowest BCUT2D eigenvalue weighted by atomic mass is 10.0. The Balaban J connectivity index is 0.000000980. The molecule has 5 heteroatoms. The van der Waals surface area contributed by atoms with Crippen molar-refractivity contribution in [3.63, 3.8) is 0 Å². The Labute approximate surface area is 98.7 Å². The highest BCUT2D eigenvalue weighted by atomic mass is 35.5. The van der Waals surface area contributed by atoms with E-state index in [2.05, 4.69) is 22.2 Å². The van der Waals surface area contributed by atoms with Crippen molar-refractivity contribution in [2.24, 2.45) is 0 Å². The van der Waals surface area contributed by atoms with Crippen LogP contribution < -0.4 is 5.32 Å². The highest BCUT2D eigenvalue weighted by Crippen LogP contribution is 2.15. The average Bonchev–Trinajstić information content (AvgIpc) is 2.20. The van der Waals surface area contributed by atoms with Gasteiger partial charge in [-0.2, -0.15) is 0 Å². The molecule has 2 fully saturated rings. The summed E-state index contributed by atoms with van der Waals surface area (Å²) >= 11 is 0. The van der Waals surface area contributed by atoms with Crippen LogP contribution >= 0.6 is 12.4 Å². The van der Waals surface area contributed by atoms with E-state index in [1.54, 1.807) is 0 Å². The molecule has 2 aliphatic heterocycles. The van der Waals surface area contributed by atoms with E-state index >= 15 is 0 Å². The fourth-order valence-electron chi connectivity index (χ4n) is 2.41. The van der Waals surface area contributed by atoms with E-state index in [1.807, 2.05) is 0 Å². The van der Waals surface area contributed by atoms with Crippen LogP contribution in [-0.4, -0.2) is 67.6 Å². The summed E-state index contributed by atoms with van der Waals surface area (Å²) in [4.78, 5) is 5.11. The van der Waals surface area contributed by atoms with Crippen molar-refractivity contribution >= 4 is 12.4 Å². The number of nitrogens with one attached hydrogen (secondary N) is 1. The van der Waals surface area contributed by atoms with E-state index in [-0.39, 0.29) is 17.9 Å². The molecule has 0 atom stereocenters. The van der Waals surface area contributed by atoms with Crippen molar-refractivity contribution in [3.8, 4) is 0 Å². The minimum absolute atomic E-state index is 0. The molecule has 0 aromatic carbocycles. The smallest absolute Gasteiger partial charge is 0.0121 e. The molecule has 0 unspecified atom stereocenters. The van der Waals surface area contributed by atoms with Crippen LogP contribution in [0.15, 0.2) is 0 Å². The van der Waals surface area contributed by atoms with Crippen LogP contribution in [-0.2, 0) is 0 Å². The molecular formula is C10H24ClN3O. The zero-order chi connectivity index (χ0) is 9.10. The molecule has 92 valence electrons. The number of hydrogen-bond acceptors (Lipinski definition) is 3. The van der Waals surface area contributed by atoms with Gasteiger partial charge in [0, 0.05) is 32.2 Å². The van der Waals surface area contributed by atoms with E-state index in [1.165, 1.54) is 52.1 Å². The highest BCUT2D eigenvalue weighted by Gasteiger charge is 2.23. The predicted octanol–water partition coefficient (Wildman–Crippen LogP) is -0.417. The normalized spacial score (nSPS) is 25.4. The van der Waals surface area contributed by atoms with Gasteiger partial charge in [0.2, 0.25) is 0 Å². The van der Waals surface area contributed by atoms with E-state index < -0.39 is 0 Å². The summed E-state index contributed by atoms with van der Waals surface area (Å²) in [5, 5.41) is 3.41. The zero-order valence-corrected chi connectivity index (χ0v) is 10.4. The summed E-state index contributed by atoms with van der Waals surface area (Å²) in [6.07, 6.45) is 2.74. The Hall–Kier alpha value is 0.130. The topological polar surface area (TPSA) is 50.0 Å². The molecule has 0 spiro atoms. The molecule has 0 bridgehead atoms. The zero-order valence-electron chi connectivity index (χ0n) is 9.54. The molecule has 4 nitrogen and oxygen atoms in total. The summed E-state index contributed by atoms with van der Waals surface area (Å²) in [7, 11) is 2.23. The third kappa shape index (κ3) is 4.25. The predicted molar refractivity (Wildman–Crippen MR) is 65.8 cm³/mol. The Morgan fingerprint density at radius 3 is 2.07 bits per heavy atom. The van der Waals surface area contributed by atoms with Crippen molar-refractivity contribution in [1.29, 1.82) is 0 Å². The molecule has 3 N–H and O–H groups in total. The summed E-state index contributed by atoms with van der Waals surface area (Å²) in [5.41, 5.74) is 0.